The van der Waals surface area contributed by atoms with Gasteiger partial charge in [-0.15, -0.1) is 0 Å². The molecule has 0 aliphatic carbocycles. The van der Waals surface area contributed by atoms with E-state index >= 15 is 0 Å². The Morgan fingerprint density at radius 1 is 1.13 bits per heavy atom. The first-order valence-corrected chi connectivity index (χ1v) is 5.69. The summed E-state index contributed by atoms with van der Waals surface area (Å²) in [6.45, 7) is 3.26. The lowest BCUT2D eigenvalue weighted by atomic mass is 10.2. The average Bonchev–Trinajstić information content (AvgIpc) is 2.26. The van der Waals surface area contributed by atoms with E-state index in [0.717, 1.165) is 32.2 Å². The Morgan fingerprint density at radius 3 is 2.73 bits per heavy atom. The summed E-state index contributed by atoms with van der Waals surface area (Å²) in [5.74, 6) is 0. The van der Waals surface area contributed by atoms with E-state index in [4.69, 9.17) is 9.47 Å². The Bertz CT molecular complexity index is 155. The fourth-order valence-electron chi connectivity index (χ4n) is 1.06. The maximum Gasteiger partial charge on any atom is 0.188 e. The SMILES string of the molecule is CCCCCOCOC=CCCCC=O. The van der Waals surface area contributed by atoms with Crippen LogP contribution in [0.5, 0.6) is 0 Å². The van der Waals surface area contributed by atoms with Gasteiger partial charge in [-0.2, -0.15) is 0 Å². The highest BCUT2D eigenvalue weighted by atomic mass is 16.7. The number of unbranched alkanes of at least 4 members (excludes halogenated alkanes) is 4. The lowest BCUT2D eigenvalue weighted by Gasteiger charge is -2.02. The normalized spacial score (nSPS) is 10.7. The Labute approximate surface area is 92.5 Å². The van der Waals surface area contributed by atoms with Crippen molar-refractivity contribution in [2.75, 3.05) is 13.4 Å². The van der Waals surface area contributed by atoms with E-state index in [1.807, 2.05) is 6.08 Å². The second-order valence-electron chi connectivity index (χ2n) is 3.37. The third-order valence-electron chi connectivity index (χ3n) is 1.93. The standard InChI is InChI=1S/C12H22O3/c1-2-3-7-10-14-12-15-11-8-5-4-6-9-13/h8-9,11H,2-7,10,12H2,1H3. The molecule has 0 aliphatic rings. The van der Waals surface area contributed by atoms with Crippen molar-refractivity contribution in [1.82, 2.24) is 0 Å². The molecule has 0 bridgehead atoms. The molecule has 0 aromatic heterocycles. The molecule has 0 rings (SSSR count). The van der Waals surface area contributed by atoms with E-state index in [2.05, 4.69) is 6.92 Å². The van der Waals surface area contributed by atoms with E-state index in [0.29, 0.717) is 13.2 Å². The second kappa shape index (κ2) is 13.2. The van der Waals surface area contributed by atoms with Gasteiger partial charge in [0.2, 0.25) is 0 Å². The van der Waals surface area contributed by atoms with Crippen LogP contribution in [0.4, 0.5) is 0 Å². The molecule has 0 aliphatic heterocycles. The van der Waals surface area contributed by atoms with Gasteiger partial charge in [-0.1, -0.05) is 19.8 Å². The zero-order valence-corrected chi connectivity index (χ0v) is 9.61. The molecule has 0 fully saturated rings. The Morgan fingerprint density at radius 2 is 2.00 bits per heavy atom. The molecule has 0 saturated carbocycles. The first-order valence-electron chi connectivity index (χ1n) is 5.69. The van der Waals surface area contributed by atoms with Gasteiger partial charge in [-0.3, -0.25) is 0 Å². The molecular formula is C12H22O3. The molecule has 0 aromatic carbocycles. The summed E-state index contributed by atoms with van der Waals surface area (Å²) in [6.07, 6.45) is 10.4. The summed E-state index contributed by atoms with van der Waals surface area (Å²) in [7, 11) is 0. The summed E-state index contributed by atoms with van der Waals surface area (Å²) in [5.41, 5.74) is 0. The topological polar surface area (TPSA) is 35.5 Å². The third kappa shape index (κ3) is 13.2. The van der Waals surface area contributed by atoms with Gasteiger partial charge in [-0.05, 0) is 25.3 Å². The molecular weight excluding hydrogens is 192 g/mol. The van der Waals surface area contributed by atoms with E-state index in [-0.39, 0.29) is 0 Å². The fraction of sp³-hybridized carbons (Fsp3) is 0.750. The Kier molecular flexibility index (Phi) is 12.4. The molecule has 0 heterocycles. The van der Waals surface area contributed by atoms with Crippen LogP contribution >= 0.6 is 0 Å². The average molecular weight is 214 g/mol. The van der Waals surface area contributed by atoms with Crippen LogP contribution in [0.25, 0.3) is 0 Å². The predicted octanol–water partition coefficient (Wildman–Crippen LogP) is 3.05. The first-order chi connectivity index (χ1) is 7.41. The van der Waals surface area contributed by atoms with Gasteiger partial charge >= 0.3 is 0 Å². The van der Waals surface area contributed by atoms with Gasteiger partial charge in [0.05, 0.1) is 12.9 Å². The number of rotatable bonds is 11. The van der Waals surface area contributed by atoms with Crippen LogP contribution in [0.15, 0.2) is 12.3 Å². The van der Waals surface area contributed by atoms with Gasteiger partial charge < -0.3 is 14.3 Å². The molecule has 0 amide bonds. The molecule has 0 saturated heterocycles. The minimum absolute atomic E-state index is 0.327. The number of hydrogen-bond acceptors (Lipinski definition) is 3. The molecule has 0 radical (unpaired) electrons. The van der Waals surface area contributed by atoms with Gasteiger partial charge in [-0.25, -0.2) is 0 Å². The van der Waals surface area contributed by atoms with E-state index in [9.17, 15) is 4.79 Å². The molecule has 15 heavy (non-hydrogen) atoms. The van der Waals surface area contributed by atoms with Gasteiger partial charge in [0, 0.05) is 6.42 Å². The lowest BCUT2D eigenvalue weighted by Crippen LogP contribution is -1.97. The zero-order chi connectivity index (χ0) is 11.2. The van der Waals surface area contributed by atoms with Crippen molar-refractivity contribution < 1.29 is 14.3 Å². The van der Waals surface area contributed by atoms with Crippen molar-refractivity contribution in [2.45, 2.75) is 45.4 Å². The van der Waals surface area contributed by atoms with E-state index in [1.165, 1.54) is 12.8 Å². The molecule has 0 atom stereocenters. The third-order valence-corrected chi connectivity index (χ3v) is 1.93. The van der Waals surface area contributed by atoms with Crippen LogP contribution in [-0.2, 0) is 14.3 Å². The Balaban J connectivity index is 2.99. The van der Waals surface area contributed by atoms with Crippen LogP contribution in [0.3, 0.4) is 0 Å². The highest BCUT2D eigenvalue weighted by Gasteiger charge is 1.86. The largest absolute Gasteiger partial charge is 0.475 e. The van der Waals surface area contributed by atoms with E-state index in [1.54, 1.807) is 6.26 Å². The number of ether oxygens (including phenoxy) is 2. The highest BCUT2D eigenvalue weighted by Crippen LogP contribution is 1.96. The van der Waals surface area contributed by atoms with Gasteiger partial charge in [0.25, 0.3) is 0 Å². The quantitative estimate of drug-likeness (QED) is 0.229. The van der Waals surface area contributed by atoms with Crippen molar-refractivity contribution in [3.05, 3.63) is 12.3 Å². The van der Waals surface area contributed by atoms with Crippen LogP contribution in [0.1, 0.15) is 45.4 Å². The maximum atomic E-state index is 9.99. The lowest BCUT2D eigenvalue weighted by molar-refractivity contribution is -0.107. The summed E-state index contributed by atoms with van der Waals surface area (Å²) in [6, 6.07) is 0. The van der Waals surface area contributed by atoms with Crippen molar-refractivity contribution >= 4 is 6.29 Å². The second-order valence-corrected chi connectivity index (χ2v) is 3.37. The molecule has 0 aromatic rings. The van der Waals surface area contributed by atoms with E-state index < -0.39 is 0 Å². The number of carbonyl (C=O) groups is 1. The number of hydrogen-bond donors (Lipinski definition) is 0. The predicted molar refractivity (Wildman–Crippen MR) is 60.5 cm³/mol. The first kappa shape index (κ1) is 14.2. The van der Waals surface area contributed by atoms with Crippen molar-refractivity contribution in [3.8, 4) is 0 Å². The van der Waals surface area contributed by atoms with Crippen LogP contribution in [0, 0.1) is 0 Å². The maximum absolute atomic E-state index is 9.99. The number of aldehydes is 1. The van der Waals surface area contributed by atoms with Crippen molar-refractivity contribution in [2.24, 2.45) is 0 Å². The summed E-state index contributed by atoms with van der Waals surface area (Å²) in [4.78, 5) is 9.99. The molecule has 0 spiro atoms. The monoisotopic (exact) mass is 214 g/mol. The number of allylic oxidation sites excluding steroid dienone is 1. The van der Waals surface area contributed by atoms with Gasteiger partial charge in [0.15, 0.2) is 6.79 Å². The zero-order valence-electron chi connectivity index (χ0n) is 9.61. The van der Waals surface area contributed by atoms with Crippen LogP contribution < -0.4 is 0 Å². The van der Waals surface area contributed by atoms with Crippen LogP contribution in [0.2, 0.25) is 0 Å². The summed E-state index contributed by atoms with van der Waals surface area (Å²) in [5, 5.41) is 0. The highest BCUT2D eigenvalue weighted by molar-refractivity contribution is 5.48. The fourth-order valence-corrected chi connectivity index (χ4v) is 1.06. The van der Waals surface area contributed by atoms with Gasteiger partial charge in [0.1, 0.15) is 6.29 Å². The van der Waals surface area contributed by atoms with Crippen molar-refractivity contribution in [3.63, 3.8) is 0 Å². The molecule has 88 valence electrons. The molecule has 3 nitrogen and oxygen atoms in total. The van der Waals surface area contributed by atoms with Crippen molar-refractivity contribution in [1.29, 1.82) is 0 Å². The minimum atomic E-state index is 0.327. The molecule has 0 unspecified atom stereocenters. The van der Waals surface area contributed by atoms with Crippen LogP contribution in [-0.4, -0.2) is 19.7 Å². The molecule has 0 N–H and O–H groups in total. The Hall–Kier alpha value is -0.830. The summed E-state index contributed by atoms with van der Waals surface area (Å²) >= 11 is 0. The summed E-state index contributed by atoms with van der Waals surface area (Å²) < 4.78 is 10.3. The number of carbonyl (C=O) groups excluding carboxylic acids is 1. The smallest absolute Gasteiger partial charge is 0.188 e. The molecule has 3 heteroatoms. The minimum Gasteiger partial charge on any atom is -0.475 e.